The first-order chi connectivity index (χ1) is 11.5. The summed E-state index contributed by atoms with van der Waals surface area (Å²) in [5, 5.41) is 3.70. The number of aliphatic imine (C=N–C) groups is 1. The van der Waals surface area contributed by atoms with Gasteiger partial charge in [0.25, 0.3) is 0 Å². The molecule has 0 bridgehead atoms. The number of fused-ring (bicyclic) bond motifs is 1. The highest BCUT2D eigenvalue weighted by atomic mass is 19.1. The summed E-state index contributed by atoms with van der Waals surface area (Å²) in [6.07, 6.45) is 3.24. The lowest BCUT2D eigenvalue weighted by molar-refractivity contribution is 0.392. The molecule has 0 fully saturated rings. The zero-order valence-corrected chi connectivity index (χ0v) is 14.5. The summed E-state index contributed by atoms with van der Waals surface area (Å²) >= 11 is 0. The maximum absolute atomic E-state index is 13.3. The van der Waals surface area contributed by atoms with Crippen LogP contribution in [0.4, 0.5) is 10.3 Å². The third kappa shape index (κ3) is 5.42. The second-order valence-corrected chi connectivity index (χ2v) is 6.05. The van der Waals surface area contributed by atoms with Crippen molar-refractivity contribution in [2.24, 2.45) is 10.7 Å². The molecule has 0 spiro atoms. The van der Waals surface area contributed by atoms with E-state index in [1.54, 1.807) is 6.07 Å². The van der Waals surface area contributed by atoms with E-state index >= 15 is 0 Å². The Hall–Kier alpha value is -2.28. The van der Waals surface area contributed by atoms with Gasteiger partial charge < -0.3 is 10.6 Å². The highest BCUT2D eigenvalue weighted by Gasteiger charge is 2.06. The summed E-state index contributed by atoms with van der Waals surface area (Å²) in [4.78, 5) is 15.1. The minimum Gasteiger partial charge on any atom is -0.370 e. The van der Waals surface area contributed by atoms with Crippen LogP contribution in [0, 0.1) is 12.7 Å². The number of hydrogen-bond donors (Lipinski definition) is 2. The van der Waals surface area contributed by atoms with Crippen LogP contribution in [0.15, 0.2) is 23.2 Å². The lowest BCUT2D eigenvalue weighted by atomic mass is 10.2. The van der Waals surface area contributed by atoms with Crippen LogP contribution < -0.4 is 11.1 Å². The van der Waals surface area contributed by atoms with E-state index in [4.69, 9.17) is 5.73 Å². The molecule has 24 heavy (non-hydrogen) atoms. The van der Waals surface area contributed by atoms with Crippen LogP contribution in [0.1, 0.15) is 25.0 Å². The first-order valence-electron chi connectivity index (χ1n) is 8.11. The van der Waals surface area contributed by atoms with Crippen LogP contribution in [-0.4, -0.2) is 48.0 Å². The van der Waals surface area contributed by atoms with Crippen molar-refractivity contribution in [1.29, 1.82) is 0 Å². The molecule has 0 aliphatic rings. The van der Waals surface area contributed by atoms with Crippen molar-refractivity contribution in [2.45, 2.75) is 26.2 Å². The Balaban J connectivity index is 1.92. The third-order valence-corrected chi connectivity index (χ3v) is 3.63. The van der Waals surface area contributed by atoms with Crippen molar-refractivity contribution < 1.29 is 4.39 Å². The number of rotatable bonds is 7. The fraction of sp³-hybridized carbons (Fsp3) is 0.471. The van der Waals surface area contributed by atoms with Gasteiger partial charge in [-0.25, -0.2) is 14.4 Å². The number of nitrogens with zero attached hydrogens (tertiary/aromatic N) is 4. The fourth-order valence-electron chi connectivity index (χ4n) is 2.39. The van der Waals surface area contributed by atoms with E-state index in [1.807, 2.05) is 6.92 Å². The maximum Gasteiger partial charge on any atom is 0.230 e. The lowest BCUT2D eigenvalue weighted by Crippen LogP contribution is -2.24. The van der Waals surface area contributed by atoms with Gasteiger partial charge in [0.1, 0.15) is 5.82 Å². The molecule has 2 aromatic rings. The predicted molar refractivity (Wildman–Crippen MR) is 96.8 cm³/mol. The summed E-state index contributed by atoms with van der Waals surface area (Å²) in [5.41, 5.74) is 7.18. The van der Waals surface area contributed by atoms with E-state index in [2.05, 4.69) is 39.3 Å². The zero-order chi connectivity index (χ0) is 17.5. The second-order valence-electron chi connectivity index (χ2n) is 6.05. The number of halogens is 1. The highest BCUT2D eigenvalue weighted by Crippen LogP contribution is 2.18. The Morgan fingerprint density at radius 3 is 2.79 bits per heavy atom. The van der Waals surface area contributed by atoms with Gasteiger partial charge in [-0.3, -0.25) is 10.3 Å². The van der Waals surface area contributed by atoms with Crippen molar-refractivity contribution in [2.75, 3.05) is 32.5 Å². The quantitative estimate of drug-likeness (QED) is 0.463. The smallest absolute Gasteiger partial charge is 0.230 e. The molecule has 1 heterocycles. The molecule has 3 N–H and O–H groups in total. The van der Waals surface area contributed by atoms with Gasteiger partial charge in [0, 0.05) is 18.0 Å². The Morgan fingerprint density at radius 2 is 2.04 bits per heavy atom. The molecular formula is C17H25FN6. The van der Waals surface area contributed by atoms with Crippen LogP contribution in [0.5, 0.6) is 0 Å². The number of nitrogens with two attached hydrogens (primary N) is 1. The molecule has 0 radical (unpaired) electrons. The largest absolute Gasteiger partial charge is 0.370 e. The first kappa shape index (κ1) is 18.1. The summed E-state index contributed by atoms with van der Waals surface area (Å²) in [5.74, 6) is 0.281. The predicted octanol–water partition coefficient (Wildman–Crippen LogP) is 2.54. The number of anilines is 1. The van der Waals surface area contributed by atoms with Gasteiger partial charge >= 0.3 is 0 Å². The van der Waals surface area contributed by atoms with Crippen molar-refractivity contribution in [3.63, 3.8) is 0 Å². The minimum atomic E-state index is -0.328. The molecule has 0 amide bonds. The second kappa shape index (κ2) is 8.54. The standard InChI is InChI=1S/C17H25FN6/c1-12-14-8-7-13(18)11-15(14)22-17(21-12)23-16(19)20-9-5-4-6-10-24(2)3/h7-8,11H,4-6,9-10H2,1-3H3,(H3,19,20,21,22,23). The van der Waals surface area contributed by atoms with Crippen molar-refractivity contribution in [3.05, 3.63) is 29.7 Å². The lowest BCUT2D eigenvalue weighted by Gasteiger charge is -2.09. The topological polar surface area (TPSA) is 79.4 Å². The van der Waals surface area contributed by atoms with E-state index in [1.165, 1.54) is 12.1 Å². The van der Waals surface area contributed by atoms with Gasteiger partial charge in [0.05, 0.1) is 11.2 Å². The van der Waals surface area contributed by atoms with Gasteiger partial charge in [-0.15, -0.1) is 0 Å². The summed E-state index contributed by atoms with van der Waals surface area (Å²) in [6.45, 7) is 3.59. The molecule has 7 heteroatoms. The molecule has 2 rings (SSSR count). The molecule has 130 valence electrons. The third-order valence-electron chi connectivity index (χ3n) is 3.63. The molecule has 0 unspecified atom stereocenters. The number of benzene rings is 1. The molecule has 0 atom stereocenters. The van der Waals surface area contributed by atoms with Gasteiger partial charge in [-0.2, -0.15) is 0 Å². The summed E-state index contributed by atoms with van der Waals surface area (Å²) < 4.78 is 13.3. The average Bonchev–Trinajstić information content (AvgIpc) is 2.50. The number of aromatic nitrogens is 2. The van der Waals surface area contributed by atoms with Crippen molar-refractivity contribution >= 4 is 22.8 Å². The molecule has 6 nitrogen and oxygen atoms in total. The Bertz CT molecular complexity index is 714. The number of unbranched alkanes of at least 4 members (excludes halogenated alkanes) is 2. The first-order valence-corrected chi connectivity index (χ1v) is 8.11. The Kier molecular flexibility index (Phi) is 6.43. The van der Waals surface area contributed by atoms with Gasteiger partial charge in [0.15, 0.2) is 5.96 Å². The van der Waals surface area contributed by atoms with E-state index < -0.39 is 0 Å². The Morgan fingerprint density at radius 1 is 1.25 bits per heavy atom. The monoisotopic (exact) mass is 332 g/mol. The van der Waals surface area contributed by atoms with E-state index in [9.17, 15) is 4.39 Å². The fourth-order valence-corrected chi connectivity index (χ4v) is 2.39. The molecular weight excluding hydrogens is 307 g/mol. The zero-order valence-electron chi connectivity index (χ0n) is 14.5. The molecule has 0 saturated heterocycles. The van der Waals surface area contributed by atoms with Gasteiger partial charge in [0.2, 0.25) is 5.95 Å². The van der Waals surface area contributed by atoms with E-state index in [0.717, 1.165) is 36.9 Å². The highest BCUT2D eigenvalue weighted by molar-refractivity contribution is 5.92. The Labute approximate surface area is 142 Å². The van der Waals surface area contributed by atoms with Crippen LogP contribution in [0.25, 0.3) is 10.9 Å². The van der Waals surface area contributed by atoms with Crippen LogP contribution in [-0.2, 0) is 0 Å². The average molecular weight is 332 g/mol. The van der Waals surface area contributed by atoms with Gasteiger partial charge in [-0.05, 0) is 52.5 Å². The molecule has 1 aromatic heterocycles. The summed E-state index contributed by atoms with van der Waals surface area (Å²) in [6, 6.07) is 4.46. The number of hydrogen-bond acceptors (Lipinski definition) is 4. The maximum atomic E-state index is 13.3. The molecule has 1 aromatic carbocycles. The van der Waals surface area contributed by atoms with Crippen LogP contribution >= 0.6 is 0 Å². The molecule has 0 aliphatic carbocycles. The van der Waals surface area contributed by atoms with Gasteiger partial charge in [-0.1, -0.05) is 6.42 Å². The number of aryl methyl sites for hydroxylation is 1. The normalized spacial score (nSPS) is 12.1. The number of nitrogens with one attached hydrogen (secondary N) is 1. The van der Waals surface area contributed by atoms with Crippen LogP contribution in [0.3, 0.4) is 0 Å². The minimum absolute atomic E-state index is 0.276. The van der Waals surface area contributed by atoms with Crippen LogP contribution in [0.2, 0.25) is 0 Å². The van der Waals surface area contributed by atoms with E-state index in [-0.39, 0.29) is 11.8 Å². The van der Waals surface area contributed by atoms with Crippen molar-refractivity contribution in [3.8, 4) is 0 Å². The SMILES string of the molecule is Cc1nc(NC(N)=NCCCCCN(C)C)nc2cc(F)ccc12. The summed E-state index contributed by atoms with van der Waals surface area (Å²) in [7, 11) is 4.13. The number of guanidine groups is 1. The molecule has 0 aliphatic heterocycles. The molecule has 0 saturated carbocycles. The van der Waals surface area contributed by atoms with Crippen molar-refractivity contribution in [1.82, 2.24) is 14.9 Å². The van der Waals surface area contributed by atoms with E-state index in [0.29, 0.717) is 18.0 Å².